The molecule has 0 saturated carbocycles. The van der Waals surface area contributed by atoms with Crippen LogP contribution < -0.4 is 0 Å². The molecule has 2 heterocycles. The Labute approximate surface area is 95.1 Å². The average Bonchev–Trinajstić information content (AvgIpc) is 2.70. The number of esters is 1. The summed E-state index contributed by atoms with van der Waals surface area (Å²) >= 11 is 2.17. The van der Waals surface area contributed by atoms with Crippen LogP contribution in [0.25, 0.3) is 0 Å². The second kappa shape index (κ2) is 3.90. The van der Waals surface area contributed by atoms with Gasteiger partial charge in [0.25, 0.3) is 0 Å². The number of carbonyl (C=O) groups is 1. The van der Waals surface area contributed by atoms with Crippen molar-refractivity contribution in [2.45, 2.75) is 20.1 Å². The molecule has 1 N–H and O–H groups in total. The molecule has 0 aliphatic carbocycles. The molecule has 1 aromatic rings. The van der Waals surface area contributed by atoms with Gasteiger partial charge < -0.3 is 14.5 Å². The number of aromatic nitrogens is 1. The van der Waals surface area contributed by atoms with E-state index in [-0.39, 0.29) is 5.97 Å². The van der Waals surface area contributed by atoms with Gasteiger partial charge in [0.15, 0.2) is 0 Å². The summed E-state index contributed by atoms with van der Waals surface area (Å²) in [5.41, 5.74) is 2.59. The summed E-state index contributed by atoms with van der Waals surface area (Å²) in [4.78, 5) is 14.5. The van der Waals surface area contributed by atoms with E-state index in [9.17, 15) is 4.79 Å². The van der Waals surface area contributed by atoms with E-state index in [1.807, 2.05) is 0 Å². The third kappa shape index (κ3) is 1.54. The smallest absolute Gasteiger partial charge is 0.355 e. The molecule has 0 bridgehead atoms. The van der Waals surface area contributed by atoms with Gasteiger partial charge in [0.05, 0.1) is 23.5 Å². The maximum atomic E-state index is 11.5. The fraction of sp³-hybridized carbons (Fsp3) is 0.444. The molecule has 0 spiro atoms. The van der Waals surface area contributed by atoms with Crippen LogP contribution in [0, 0.1) is 3.70 Å². The standard InChI is InChI=1S/C9H10INO3/c1-2-14-9(12)7-5-3-13-4-6(5)8(10)11-7/h11H,2-4H2,1H3. The highest BCUT2D eigenvalue weighted by molar-refractivity contribution is 14.1. The Morgan fingerprint density at radius 2 is 2.29 bits per heavy atom. The van der Waals surface area contributed by atoms with Crippen LogP contribution in [0.4, 0.5) is 0 Å². The molecule has 1 aliphatic rings. The number of rotatable bonds is 2. The Morgan fingerprint density at radius 3 is 3.00 bits per heavy atom. The normalized spacial score (nSPS) is 14.1. The first-order valence-electron chi connectivity index (χ1n) is 4.38. The molecule has 1 aromatic heterocycles. The Hall–Kier alpha value is -0.560. The lowest BCUT2D eigenvalue weighted by Gasteiger charge is -2.00. The molecular formula is C9H10INO3. The molecule has 1 aliphatic heterocycles. The largest absolute Gasteiger partial charge is 0.461 e. The summed E-state index contributed by atoms with van der Waals surface area (Å²) in [5.74, 6) is -0.294. The number of carbonyl (C=O) groups excluding carboxylic acids is 1. The van der Waals surface area contributed by atoms with Crippen molar-refractivity contribution < 1.29 is 14.3 Å². The van der Waals surface area contributed by atoms with Crippen LogP contribution >= 0.6 is 22.6 Å². The first-order valence-corrected chi connectivity index (χ1v) is 5.46. The SMILES string of the molecule is CCOC(=O)c1[nH]c(I)c2c1COC2. The van der Waals surface area contributed by atoms with Gasteiger partial charge in [-0.15, -0.1) is 0 Å². The lowest BCUT2D eigenvalue weighted by Crippen LogP contribution is -2.07. The van der Waals surface area contributed by atoms with Crippen molar-refractivity contribution >= 4 is 28.6 Å². The Bertz CT molecular complexity index is 372. The van der Waals surface area contributed by atoms with E-state index in [0.717, 1.165) is 14.8 Å². The molecule has 0 unspecified atom stereocenters. The number of halogens is 1. The number of ether oxygens (including phenoxy) is 2. The molecule has 76 valence electrons. The van der Waals surface area contributed by atoms with E-state index in [1.165, 1.54) is 0 Å². The number of hydrogen-bond acceptors (Lipinski definition) is 3. The van der Waals surface area contributed by atoms with E-state index in [4.69, 9.17) is 9.47 Å². The molecular weight excluding hydrogens is 297 g/mol. The van der Waals surface area contributed by atoms with Crippen LogP contribution in [0.5, 0.6) is 0 Å². The van der Waals surface area contributed by atoms with Crippen LogP contribution in [0.2, 0.25) is 0 Å². The molecule has 4 nitrogen and oxygen atoms in total. The summed E-state index contributed by atoms with van der Waals surface area (Å²) in [6.45, 7) is 3.28. The van der Waals surface area contributed by atoms with Crippen LogP contribution in [0.3, 0.4) is 0 Å². The molecule has 0 radical (unpaired) electrons. The third-order valence-electron chi connectivity index (χ3n) is 2.14. The van der Waals surface area contributed by atoms with Crippen molar-refractivity contribution in [3.05, 3.63) is 20.5 Å². The Kier molecular flexibility index (Phi) is 2.78. The second-order valence-electron chi connectivity index (χ2n) is 2.98. The van der Waals surface area contributed by atoms with Gasteiger partial charge in [-0.1, -0.05) is 0 Å². The summed E-state index contributed by atoms with van der Waals surface area (Å²) in [6, 6.07) is 0. The number of nitrogens with one attached hydrogen (secondary N) is 1. The van der Waals surface area contributed by atoms with Crippen LogP contribution in [-0.4, -0.2) is 17.6 Å². The van der Waals surface area contributed by atoms with Crippen molar-refractivity contribution in [1.29, 1.82) is 0 Å². The summed E-state index contributed by atoms with van der Waals surface area (Å²) in [5, 5.41) is 0. The minimum atomic E-state index is -0.294. The van der Waals surface area contributed by atoms with Gasteiger partial charge in [-0.05, 0) is 29.5 Å². The van der Waals surface area contributed by atoms with Crippen molar-refractivity contribution in [1.82, 2.24) is 4.98 Å². The second-order valence-corrected chi connectivity index (χ2v) is 4.06. The minimum Gasteiger partial charge on any atom is -0.461 e. The molecule has 2 rings (SSSR count). The molecule has 14 heavy (non-hydrogen) atoms. The number of aromatic amines is 1. The first-order chi connectivity index (χ1) is 6.74. The van der Waals surface area contributed by atoms with Gasteiger partial charge >= 0.3 is 5.97 Å². The molecule has 0 fully saturated rings. The van der Waals surface area contributed by atoms with E-state index in [1.54, 1.807) is 6.92 Å². The van der Waals surface area contributed by atoms with E-state index >= 15 is 0 Å². The quantitative estimate of drug-likeness (QED) is 0.670. The van der Waals surface area contributed by atoms with Crippen LogP contribution in [0.1, 0.15) is 28.5 Å². The van der Waals surface area contributed by atoms with E-state index < -0.39 is 0 Å². The lowest BCUT2D eigenvalue weighted by molar-refractivity contribution is 0.0515. The first kappa shape index (κ1) is 9.97. The Balaban J connectivity index is 2.35. The molecule has 0 aromatic carbocycles. The number of H-pyrrole nitrogens is 1. The summed E-state index contributed by atoms with van der Waals surface area (Å²) < 4.78 is 11.2. The lowest BCUT2D eigenvalue weighted by atomic mass is 10.2. The van der Waals surface area contributed by atoms with Crippen molar-refractivity contribution in [2.24, 2.45) is 0 Å². The molecule has 0 saturated heterocycles. The fourth-order valence-electron chi connectivity index (χ4n) is 1.49. The van der Waals surface area contributed by atoms with Gasteiger partial charge in [-0.3, -0.25) is 0 Å². The summed E-state index contributed by atoms with van der Waals surface area (Å²) in [7, 11) is 0. The van der Waals surface area contributed by atoms with Crippen molar-refractivity contribution in [3.63, 3.8) is 0 Å². The van der Waals surface area contributed by atoms with Crippen molar-refractivity contribution in [3.8, 4) is 0 Å². The summed E-state index contributed by atoms with van der Waals surface area (Å²) in [6.07, 6.45) is 0. The van der Waals surface area contributed by atoms with Gasteiger partial charge in [0.2, 0.25) is 0 Å². The minimum absolute atomic E-state index is 0.294. The maximum absolute atomic E-state index is 11.5. The molecule has 0 atom stereocenters. The van der Waals surface area contributed by atoms with Crippen LogP contribution in [-0.2, 0) is 22.7 Å². The zero-order valence-corrected chi connectivity index (χ0v) is 9.88. The van der Waals surface area contributed by atoms with Gasteiger partial charge in [0.1, 0.15) is 5.69 Å². The van der Waals surface area contributed by atoms with E-state index in [0.29, 0.717) is 25.5 Å². The van der Waals surface area contributed by atoms with Gasteiger partial charge in [0, 0.05) is 11.1 Å². The highest BCUT2D eigenvalue weighted by atomic mass is 127. The predicted molar refractivity (Wildman–Crippen MR) is 58.0 cm³/mol. The van der Waals surface area contributed by atoms with Gasteiger partial charge in [-0.2, -0.15) is 0 Å². The highest BCUT2D eigenvalue weighted by Gasteiger charge is 2.25. The topological polar surface area (TPSA) is 51.3 Å². The maximum Gasteiger partial charge on any atom is 0.355 e. The zero-order valence-electron chi connectivity index (χ0n) is 7.72. The number of fused-ring (bicyclic) bond motifs is 1. The third-order valence-corrected chi connectivity index (χ3v) is 3.06. The zero-order chi connectivity index (χ0) is 10.1. The predicted octanol–water partition coefficient (Wildman–Crippen LogP) is 1.83. The fourth-order valence-corrected chi connectivity index (χ4v) is 2.24. The van der Waals surface area contributed by atoms with Crippen LogP contribution in [0.15, 0.2) is 0 Å². The van der Waals surface area contributed by atoms with E-state index in [2.05, 4.69) is 27.6 Å². The monoisotopic (exact) mass is 307 g/mol. The Morgan fingerprint density at radius 1 is 1.57 bits per heavy atom. The number of hydrogen-bond donors (Lipinski definition) is 1. The highest BCUT2D eigenvalue weighted by Crippen LogP contribution is 2.28. The van der Waals surface area contributed by atoms with Gasteiger partial charge in [-0.25, -0.2) is 4.79 Å². The molecule has 5 heteroatoms. The average molecular weight is 307 g/mol. The van der Waals surface area contributed by atoms with Crippen molar-refractivity contribution in [2.75, 3.05) is 6.61 Å². The molecule has 0 amide bonds.